The summed E-state index contributed by atoms with van der Waals surface area (Å²) in [5.41, 5.74) is -0.461. The summed E-state index contributed by atoms with van der Waals surface area (Å²) in [4.78, 5) is 18.5. The number of aromatic nitrogens is 1. The van der Waals surface area contributed by atoms with Gasteiger partial charge in [-0.05, 0) is 30.3 Å². The number of pyridine rings is 1. The van der Waals surface area contributed by atoms with Crippen molar-refractivity contribution in [2.75, 3.05) is 36.5 Å². The van der Waals surface area contributed by atoms with E-state index in [9.17, 15) is 18.0 Å². The Labute approximate surface area is 142 Å². The smallest absolute Gasteiger partial charge is 0.378 e. The van der Waals surface area contributed by atoms with Crippen LogP contribution in [0.1, 0.15) is 15.9 Å². The van der Waals surface area contributed by atoms with E-state index < -0.39 is 17.6 Å². The second-order valence-corrected chi connectivity index (χ2v) is 5.54. The molecule has 0 bridgehead atoms. The van der Waals surface area contributed by atoms with Gasteiger partial charge in [-0.15, -0.1) is 0 Å². The molecule has 1 aliphatic rings. The average Bonchev–Trinajstić information content (AvgIpc) is 2.62. The Morgan fingerprint density at radius 2 is 1.92 bits per heavy atom. The predicted octanol–water partition coefficient (Wildman–Crippen LogP) is 3.19. The van der Waals surface area contributed by atoms with Gasteiger partial charge in [0.2, 0.25) is 0 Å². The van der Waals surface area contributed by atoms with Crippen molar-refractivity contribution in [1.29, 1.82) is 0 Å². The van der Waals surface area contributed by atoms with Crippen LogP contribution in [0.5, 0.6) is 0 Å². The molecule has 1 amide bonds. The zero-order valence-electron chi connectivity index (χ0n) is 13.2. The summed E-state index contributed by atoms with van der Waals surface area (Å²) >= 11 is 0. The molecule has 0 unspecified atom stereocenters. The molecule has 1 aliphatic heterocycles. The number of ether oxygens (including phenoxy) is 1. The Morgan fingerprint density at radius 1 is 1.16 bits per heavy atom. The fourth-order valence-corrected chi connectivity index (χ4v) is 2.48. The third-order valence-corrected chi connectivity index (χ3v) is 3.79. The third-order valence-electron chi connectivity index (χ3n) is 3.79. The number of morpholine rings is 1. The van der Waals surface area contributed by atoms with E-state index >= 15 is 0 Å². The van der Waals surface area contributed by atoms with Gasteiger partial charge in [0.05, 0.1) is 24.3 Å². The molecule has 1 aromatic carbocycles. The standard InChI is InChI=1S/C17H16F3N3O2/c18-17(19,20)13-2-1-3-14(10-13)22-16(24)12-4-5-15(21-11-12)23-6-8-25-9-7-23/h1-5,10-11H,6-9H2,(H,22,24). The van der Waals surface area contributed by atoms with Crippen LogP contribution in [0, 0.1) is 0 Å². The minimum Gasteiger partial charge on any atom is -0.378 e. The highest BCUT2D eigenvalue weighted by Crippen LogP contribution is 2.30. The van der Waals surface area contributed by atoms with E-state index in [-0.39, 0.29) is 11.3 Å². The molecule has 3 rings (SSSR count). The molecule has 1 aromatic heterocycles. The summed E-state index contributed by atoms with van der Waals surface area (Å²) in [5, 5.41) is 2.46. The quantitative estimate of drug-likeness (QED) is 0.923. The Hall–Kier alpha value is -2.61. The van der Waals surface area contributed by atoms with Gasteiger partial charge in [-0.1, -0.05) is 6.07 Å². The SMILES string of the molecule is O=C(Nc1cccc(C(F)(F)F)c1)c1ccc(N2CCOCC2)nc1. The van der Waals surface area contributed by atoms with Crippen LogP contribution in [0.15, 0.2) is 42.6 Å². The lowest BCUT2D eigenvalue weighted by Crippen LogP contribution is -2.36. The van der Waals surface area contributed by atoms with Gasteiger partial charge in [-0.3, -0.25) is 4.79 Å². The highest BCUT2D eigenvalue weighted by atomic mass is 19.4. The van der Waals surface area contributed by atoms with Crippen LogP contribution in [-0.2, 0) is 10.9 Å². The molecule has 132 valence electrons. The van der Waals surface area contributed by atoms with Crippen molar-refractivity contribution in [1.82, 2.24) is 4.98 Å². The topological polar surface area (TPSA) is 54.5 Å². The maximum absolute atomic E-state index is 12.7. The molecule has 0 radical (unpaired) electrons. The summed E-state index contributed by atoms with van der Waals surface area (Å²) in [7, 11) is 0. The summed E-state index contributed by atoms with van der Waals surface area (Å²) in [6.07, 6.45) is -3.05. The number of hydrogen-bond donors (Lipinski definition) is 1. The molecule has 8 heteroatoms. The van der Waals surface area contributed by atoms with Crippen LogP contribution in [0.3, 0.4) is 0 Å². The Kier molecular flexibility index (Phi) is 4.89. The fraction of sp³-hybridized carbons (Fsp3) is 0.294. The van der Waals surface area contributed by atoms with Gasteiger partial charge >= 0.3 is 6.18 Å². The van der Waals surface area contributed by atoms with Crippen molar-refractivity contribution in [2.24, 2.45) is 0 Å². The number of carbonyl (C=O) groups is 1. The molecule has 1 fully saturated rings. The predicted molar refractivity (Wildman–Crippen MR) is 86.7 cm³/mol. The lowest BCUT2D eigenvalue weighted by molar-refractivity contribution is -0.137. The Balaban J connectivity index is 1.69. The van der Waals surface area contributed by atoms with Crippen LogP contribution >= 0.6 is 0 Å². The first-order chi connectivity index (χ1) is 11.9. The molecule has 0 saturated carbocycles. The van der Waals surface area contributed by atoms with Gasteiger partial charge < -0.3 is 15.0 Å². The van der Waals surface area contributed by atoms with Crippen molar-refractivity contribution in [3.05, 3.63) is 53.7 Å². The lowest BCUT2D eigenvalue weighted by Gasteiger charge is -2.27. The molecule has 1 saturated heterocycles. The van der Waals surface area contributed by atoms with E-state index in [1.165, 1.54) is 18.3 Å². The summed E-state index contributed by atoms with van der Waals surface area (Å²) in [6.45, 7) is 2.70. The summed E-state index contributed by atoms with van der Waals surface area (Å²) < 4.78 is 43.4. The molecule has 0 spiro atoms. The van der Waals surface area contributed by atoms with Gasteiger partial charge in [0.1, 0.15) is 5.82 Å². The molecular formula is C17H16F3N3O2. The molecule has 0 aliphatic carbocycles. The minimum atomic E-state index is -4.46. The van der Waals surface area contributed by atoms with E-state index in [0.29, 0.717) is 13.2 Å². The highest BCUT2D eigenvalue weighted by Gasteiger charge is 2.30. The van der Waals surface area contributed by atoms with Gasteiger partial charge in [0.25, 0.3) is 5.91 Å². The second-order valence-electron chi connectivity index (χ2n) is 5.54. The number of halogens is 3. The van der Waals surface area contributed by atoms with Gasteiger partial charge in [-0.25, -0.2) is 4.98 Å². The van der Waals surface area contributed by atoms with E-state index in [2.05, 4.69) is 10.3 Å². The average molecular weight is 351 g/mol. The largest absolute Gasteiger partial charge is 0.416 e. The number of amides is 1. The van der Waals surface area contributed by atoms with Gasteiger partial charge in [0, 0.05) is 25.0 Å². The maximum Gasteiger partial charge on any atom is 0.416 e. The van der Waals surface area contributed by atoms with Crippen LogP contribution in [0.25, 0.3) is 0 Å². The van der Waals surface area contributed by atoms with E-state index in [0.717, 1.165) is 31.0 Å². The monoisotopic (exact) mass is 351 g/mol. The number of nitrogens with zero attached hydrogens (tertiary/aromatic N) is 2. The number of nitrogens with one attached hydrogen (secondary N) is 1. The van der Waals surface area contributed by atoms with Crippen molar-refractivity contribution < 1.29 is 22.7 Å². The molecular weight excluding hydrogens is 335 g/mol. The number of alkyl halides is 3. The first-order valence-electron chi connectivity index (χ1n) is 7.71. The zero-order valence-corrected chi connectivity index (χ0v) is 13.2. The van der Waals surface area contributed by atoms with Gasteiger partial charge in [0.15, 0.2) is 0 Å². The highest BCUT2D eigenvalue weighted by molar-refractivity contribution is 6.04. The van der Waals surface area contributed by atoms with Crippen LogP contribution < -0.4 is 10.2 Å². The normalized spacial score (nSPS) is 15.1. The zero-order chi connectivity index (χ0) is 17.9. The van der Waals surface area contributed by atoms with Crippen molar-refractivity contribution >= 4 is 17.4 Å². The Morgan fingerprint density at radius 3 is 2.56 bits per heavy atom. The van der Waals surface area contributed by atoms with E-state index in [1.807, 2.05) is 4.90 Å². The molecule has 2 aromatic rings. The lowest BCUT2D eigenvalue weighted by atomic mass is 10.2. The van der Waals surface area contributed by atoms with Crippen LogP contribution in [0.2, 0.25) is 0 Å². The fourth-order valence-electron chi connectivity index (χ4n) is 2.48. The van der Waals surface area contributed by atoms with E-state index in [1.54, 1.807) is 12.1 Å². The molecule has 1 N–H and O–H groups in total. The summed E-state index contributed by atoms with van der Waals surface area (Å²) in [5.74, 6) is 0.222. The molecule has 2 heterocycles. The number of carbonyl (C=O) groups excluding carboxylic acids is 1. The number of rotatable bonds is 3. The molecule has 0 atom stereocenters. The van der Waals surface area contributed by atoms with Crippen molar-refractivity contribution in [3.8, 4) is 0 Å². The minimum absolute atomic E-state index is 0.0806. The first-order valence-corrected chi connectivity index (χ1v) is 7.71. The molecule has 25 heavy (non-hydrogen) atoms. The van der Waals surface area contributed by atoms with Crippen molar-refractivity contribution in [2.45, 2.75) is 6.18 Å². The Bertz CT molecular complexity index is 742. The second kappa shape index (κ2) is 7.10. The molecule has 5 nitrogen and oxygen atoms in total. The first kappa shape index (κ1) is 17.2. The van der Waals surface area contributed by atoms with Crippen LogP contribution in [0.4, 0.5) is 24.7 Å². The van der Waals surface area contributed by atoms with Crippen molar-refractivity contribution in [3.63, 3.8) is 0 Å². The number of anilines is 2. The van der Waals surface area contributed by atoms with E-state index in [4.69, 9.17) is 4.74 Å². The van der Waals surface area contributed by atoms with Gasteiger partial charge in [-0.2, -0.15) is 13.2 Å². The maximum atomic E-state index is 12.7. The number of benzene rings is 1. The van der Waals surface area contributed by atoms with Crippen LogP contribution in [-0.4, -0.2) is 37.2 Å². The number of hydrogen-bond acceptors (Lipinski definition) is 4. The third kappa shape index (κ3) is 4.27. The summed E-state index contributed by atoms with van der Waals surface area (Å²) in [6, 6.07) is 7.82.